The molecule has 0 aliphatic rings. The number of hydrogen-bond acceptors (Lipinski definition) is 3. The lowest BCUT2D eigenvalue weighted by Crippen LogP contribution is -2.26. The quantitative estimate of drug-likeness (QED) is 0.851. The molecule has 0 unspecified atom stereocenters. The topological polar surface area (TPSA) is 42.0 Å². The molecule has 0 saturated heterocycles. The molecule has 98 valence electrons. The minimum Gasteiger partial charge on any atom is -0.350 e. The molecule has 3 nitrogen and oxygen atoms in total. The summed E-state index contributed by atoms with van der Waals surface area (Å²) in [5.74, 6) is -0.124. The zero-order valence-corrected chi connectivity index (χ0v) is 11.6. The second-order valence-electron chi connectivity index (χ2n) is 4.07. The highest BCUT2D eigenvalue weighted by molar-refractivity contribution is 7.98. The number of nitrogens with zero attached hydrogens (tertiary/aromatic N) is 1. The molecule has 2 rings (SSSR count). The number of rotatable bonds is 5. The molecule has 0 bridgehead atoms. The highest BCUT2D eigenvalue weighted by atomic mass is 32.2. The van der Waals surface area contributed by atoms with Crippen LogP contribution >= 0.6 is 11.8 Å². The van der Waals surface area contributed by atoms with Gasteiger partial charge in [-0.15, -0.1) is 11.8 Å². The van der Waals surface area contributed by atoms with Crippen molar-refractivity contribution in [2.24, 2.45) is 0 Å². The normalized spacial score (nSPS) is 10.2. The van der Waals surface area contributed by atoms with E-state index < -0.39 is 0 Å². The lowest BCUT2D eigenvalue weighted by atomic mass is 10.1. The van der Waals surface area contributed by atoms with Crippen molar-refractivity contribution in [2.75, 3.05) is 12.8 Å². The van der Waals surface area contributed by atoms with E-state index in [0.29, 0.717) is 12.2 Å². The van der Waals surface area contributed by atoms with Gasteiger partial charge in [0.1, 0.15) is 5.69 Å². The summed E-state index contributed by atoms with van der Waals surface area (Å²) in [6.45, 7) is 0.619. The summed E-state index contributed by atoms with van der Waals surface area (Å²) in [7, 11) is 0. The second-order valence-corrected chi connectivity index (χ2v) is 4.95. The van der Waals surface area contributed by atoms with E-state index in [1.165, 1.54) is 10.5 Å². The maximum absolute atomic E-state index is 11.8. The van der Waals surface area contributed by atoms with Crippen LogP contribution in [-0.4, -0.2) is 23.7 Å². The van der Waals surface area contributed by atoms with Crippen LogP contribution in [0.1, 0.15) is 16.1 Å². The van der Waals surface area contributed by atoms with Crippen LogP contribution in [0.4, 0.5) is 0 Å². The van der Waals surface area contributed by atoms with Crippen LogP contribution in [0, 0.1) is 0 Å². The molecule has 0 radical (unpaired) electrons. The van der Waals surface area contributed by atoms with Gasteiger partial charge in [0, 0.05) is 17.6 Å². The van der Waals surface area contributed by atoms with Gasteiger partial charge in [0.05, 0.1) is 0 Å². The van der Waals surface area contributed by atoms with Crippen molar-refractivity contribution in [1.29, 1.82) is 0 Å². The van der Waals surface area contributed by atoms with Gasteiger partial charge in [0.2, 0.25) is 0 Å². The monoisotopic (exact) mass is 272 g/mol. The van der Waals surface area contributed by atoms with Crippen molar-refractivity contribution in [3.8, 4) is 0 Å². The van der Waals surface area contributed by atoms with E-state index in [9.17, 15) is 4.79 Å². The number of carbonyl (C=O) groups is 1. The summed E-state index contributed by atoms with van der Waals surface area (Å²) in [6, 6.07) is 13.7. The number of pyridine rings is 1. The Morgan fingerprint density at radius 3 is 2.63 bits per heavy atom. The molecule has 0 spiro atoms. The lowest BCUT2D eigenvalue weighted by Gasteiger charge is -2.05. The lowest BCUT2D eigenvalue weighted by molar-refractivity contribution is 0.0949. The predicted molar refractivity (Wildman–Crippen MR) is 78.5 cm³/mol. The van der Waals surface area contributed by atoms with Gasteiger partial charge in [0.25, 0.3) is 5.91 Å². The Kier molecular flexibility index (Phi) is 4.98. The number of amides is 1. The average molecular weight is 272 g/mol. The maximum atomic E-state index is 11.8. The Balaban J connectivity index is 1.81. The summed E-state index contributed by atoms with van der Waals surface area (Å²) in [6.07, 6.45) is 4.51. The first kappa shape index (κ1) is 13.6. The standard InChI is InChI=1S/C15H16N2OS/c1-19-13-7-5-12(6-8-13)9-11-17-15(18)14-4-2-3-10-16-14/h2-8,10H,9,11H2,1H3,(H,17,18). The fourth-order valence-electron chi connectivity index (χ4n) is 1.70. The SMILES string of the molecule is CSc1ccc(CCNC(=O)c2ccccn2)cc1. The molecular formula is C15H16N2OS. The molecule has 1 aromatic carbocycles. The molecule has 0 aliphatic carbocycles. The molecule has 1 N–H and O–H groups in total. The van der Waals surface area contributed by atoms with Crippen molar-refractivity contribution in [2.45, 2.75) is 11.3 Å². The van der Waals surface area contributed by atoms with Crippen LogP contribution in [0.2, 0.25) is 0 Å². The van der Waals surface area contributed by atoms with Gasteiger partial charge in [-0.3, -0.25) is 9.78 Å². The van der Waals surface area contributed by atoms with Crippen LogP contribution in [0.3, 0.4) is 0 Å². The first-order valence-corrected chi connectivity index (χ1v) is 7.34. The van der Waals surface area contributed by atoms with E-state index in [4.69, 9.17) is 0 Å². The van der Waals surface area contributed by atoms with Crippen molar-refractivity contribution >= 4 is 17.7 Å². The smallest absolute Gasteiger partial charge is 0.269 e. The number of nitrogens with one attached hydrogen (secondary N) is 1. The number of hydrogen-bond donors (Lipinski definition) is 1. The Hall–Kier alpha value is -1.81. The van der Waals surface area contributed by atoms with Gasteiger partial charge in [-0.25, -0.2) is 0 Å². The number of thioether (sulfide) groups is 1. The van der Waals surface area contributed by atoms with Gasteiger partial charge in [-0.2, -0.15) is 0 Å². The van der Waals surface area contributed by atoms with E-state index in [1.54, 1.807) is 30.1 Å². The van der Waals surface area contributed by atoms with Gasteiger partial charge in [-0.1, -0.05) is 18.2 Å². The molecular weight excluding hydrogens is 256 g/mol. The zero-order chi connectivity index (χ0) is 13.5. The highest BCUT2D eigenvalue weighted by Crippen LogP contribution is 2.14. The Morgan fingerprint density at radius 1 is 1.21 bits per heavy atom. The predicted octanol–water partition coefficient (Wildman–Crippen LogP) is 2.78. The molecule has 1 aromatic heterocycles. The molecule has 0 aliphatic heterocycles. The third-order valence-electron chi connectivity index (χ3n) is 2.76. The van der Waals surface area contributed by atoms with Crippen LogP contribution < -0.4 is 5.32 Å². The molecule has 1 heterocycles. The molecule has 19 heavy (non-hydrogen) atoms. The van der Waals surface area contributed by atoms with Crippen LogP contribution in [-0.2, 0) is 6.42 Å². The third kappa shape index (κ3) is 4.10. The molecule has 0 fully saturated rings. The first-order chi connectivity index (χ1) is 9.29. The van der Waals surface area contributed by atoms with E-state index in [1.807, 2.05) is 6.07 Å². The molecule has 2 aromatic rings. The summed E-state index contributed by atoms with van der Waals surface area (Å²) >= 11 is 1.73. The summed E-state index contributed by atoms with van der Waals surface area (Å²) in [4.78, 5) is 17.0. The van der Waals surface area contributed by atoms with E-state index >= 15 is 0 Å². The molecule has 0 atom stereocenters. The summed E-state index contributed by atoms with van der Waals surface area (Å²) in [5.41, 5.74) is 1.68. The zero-order valence-electron chi connectivity index (χ0n) is 10.8. The van der Waals surface area contributed by atoms with E-state index in [-0.39, 0.29) is 5.91 Å². The first-order valence-electron chi connectivity index (χ1n) is 6.12. The van der Waals surface area contributed by atoms with Gasteiger partial charge in [-0.05, 0) is 42.5 Å². The van der Waals surface area contributed by atoms with Crippen molar-refractivity contribution in [1.82, 2.24) is 10.3 Å². The molecule has 1 amide bonds. The van der Waals surface area contributed by atoms with Gasteiger partial charge in [0.15, 0.2) is 0 Å². The minimum absolute atomic E-state index is 0.124. The van der Waals surface area contributed by atoms with E-state index in [2.05, 4.69) is 40.8 Å². The third-order valence-corrected chi connectivity index (χ3v) is 3.50. The number of benzene rings is 1. The van der Waals surface area contributed by atoms with Gasteiger partial charge < -0.3 is 5.32 Å². The fraction of sp³-hybridized carbons (Fsp3) is 0.200. The summed E-state index contributed by atoms with van der Waals surface area (Å²) in [5, 5.41) is 2.87. The molecule has 4 heteroatoms. The Bertz CT molecular complexity index is 526. The van der Waals surface area contributed by atoms with Crippen molar-refractivity contribution < 1.29 is 4.79 Å². The van der Waals surface area contributed by atoms with Gasteiger partial charge >= 0.3 is 0 Å². The second kappa shape index (κ2) is 6.95. The number of carbonyl (C=O) groups excluding carboxylic acids is 1. The van der Waals surface area contributed by atoms with Crippen LogP contribution in [0.5, 0.6) is 0 Å². The Labute approximate surface area is 117 Å². The van der Waals surface area contributed by atoms with Crippen LogP contribution in [0.15, 0.2) is 53.6 Å². The number of aromatic nitrogens is 1. The molecule has 0 saturated carbocycles. The fourth-order valence-corrected chi connectivity index (χ4v) is 2.11. The largest absolute Gasteiger partial charge is 0.350 e. The highest BCUT2D eigenvalue weighted by Gasteiger charge is 2.04. The van der Waals surface area contributed by atoms with Crippen molar-refractivity contribution in [3.05, 3.63) is 59.9 Å². The Morgan fingerprint density at radius 2 is 2.00 bits per heavy atom. The van der Waals surface area contributed by atoms with Crippen LogP contribution in [0.25, 0.3) is 0 Å². The minimum atomic E-state index is -0.124. The van der Waals surface area contributed by atoms with E-state index in [0.717, 1.165) is 6.42 Å². The summed E-state index contributed by atoms with van der Waals surface area (Å²) < 4.78 is 0. The average Bonchev–Trinajstić information content (AvgIpc) is 2.49. The van der Waals surface area contributed by atoms with Crippen molar-refractivity contribution in [3.63, 3.8) is 0 Å². The maximum Gasteiger partial charge on any atom is 0.269 e.